The molecule has 7 heteroatoms. The maximum atomic E-state index is 11.2. The van der Waals surface area contributed by atoms with E-state index in [1.165, 1.54) is 0 Å². The number of rotatable bonds is 5. The number of carboxylic acids is 1. The lowest BCUT2D eigenvalue weighted by atomic mass is 10.0. The number of ether oxygens (including phenoxy) is 1. The van der Waals surface area contributed by atoms with Crippen molar-refractivity contribution in [1.82, 2.24) is 0 Å². The normalized spacial score (nSPS) is 12.3. The van der Waals surface area contributed by atoms with Gasteiger partial charge in [0.2, 0.25) is 0 Å². The van der Waals surface area contributed by atoms with E-state index in [0.717, 1.165) is 5.56 Å². The van der Waals surface area contributed by atoms with Crippen molar-refractivity contribution in [2.24, 2.45) is 0 Å². The molecule has 0 heterocycles. The second-order valence-electron chi connectivity index (χ2n) is 5.97. The molecule has 0 saturated heterocycles. The van der Waals surface area contributed by atoms with Crippen LogP contribution in [0, 0.1) is 3.57 Å². The smallest absolute Gasteiger partial charge is 0.310 e. The third-order valence-electron chi connectivity index (χ3n) is 3.80. The molecule has 2 N–H and O–H groups in total. The van der Waals surface area contributed by atoms with Crippen molar-refractivity contribution < 1.29 is 19.7 Å². The Bertz CT molecular complexity index is 798. The van der Waals surface area contributed by atoms with Crippen molar-refractivity contribution in [3.8, 4) is 17.2 Å². The van der Waals surface area contributed by atoms with Gasteiger partial charge in [0.1, 0.15) is 11.5 Å². The van der Waals surface area contributed by atoms with Crippen molar-refractivity contribution in [2.75, 3.05) is 0 Å². The number of carboxylic acid groups (broad SMARTS) is 1. The summed E-state index contributed by atoms with van der Waals surface area (Å²) in [5, 5.41) is 19.4. The van der Waals surface area contributed by atoms with E-state index in [-0.39, 0.29) is 11.7 Å². The molecule has 134 valence electrons. The van der Waals surface area contributed by atoms with Gasteiger partial charge in [-0.05, 0) is 97.1 Å². The Hall–Kier alpha value is -0.800. The number of halogens is 3. The first-order chi connectivity index (χ1) is 11.6. The summed E-state index contributed by atoms with van der Waals surface area (Å²) in [6.07, 6.45) is 0. The van der Waals surface area contributed by atoms with Crippen LogP contribution in [0.4, 0.5) is 0 Å². The Balaban J connectivity index is 2.43. The molecule has 25 heavy (non-hydrogen) atoms. The average molecular weight is 584 g/mol. The summed E-state index contributed by atoms with van der Waals surface area (Å²) in [5.41, 5.74) is 1.48. The highest BCUT2D eigenvalue weighted by atomic mass is 127. The van der Waals surface area contributed by atoms with Crippen molar-refractivity contribution in [2.45, 2.75) is 32.6 Å². The molecule has 0 aromatic heterocycles. The molecule has 0 aliphatic heterocycles. The van der Waals surface area contributed by atoms with E-state index in [4.69, 9.17) is 4.74 Å². The fraction of sp³-hybridized carbons (Fsp3) is 0.278. The van der Waals surface area contributed by atoms with Gasteiger partial charge < -0.3 is 14.9 Å². The number of aromatic hydroxyl groups is 1. The molecule has 0 saturated carbocycles. The maximum Gasteiger partial charge on any atom is 0.310 e. The first kappa shape index (κ1) is 20.5. The molecule has 1 unspecified atom stereocenters. The number of aliphatic carboxylic acids is 1. The van der Waals surface area contributed by atoms with Crippen LogP contribution in [0.3, 0.4) is 0 Å². The monoisotopic (exact) mass is 582 g/mol. The molecule has 0 bridgehead atoms. The van der Waals surface area contributed by atoms with Crippen LogP contribution in [0.15, 0.2) is 33.2 Å². The molecule has 2 aromatic carbocycles. The van der Waals surface area contributed by atoms with Gasteiger partial charge in [-0.2, -0.15) is 0 Å². The standard InChI is InChI=1S/C18H17Br2IO4/c1-8(2)12-6-11(7-15(21)16(12)22)25-17-13(19)4-10(5-14(17)20)9(3)18(23)24/h4-9,22H,1-3H3,(H,23,24). The molecule has 2 rings (SSSR count). The highest BCUT2D eigenvalue weighted by Gasteiger charge is 2.19. The Morgan fingerprint density at radius 3 is 2.16 bits per heavy atom. The van der Waals surface area contributed by atoms with E-state index in [0.29, 0.717) is 29.6 Å². The number of phenolic OH excluding ortho intramolecular Hbond substituents is 1. The van der Waals surface area contributed by atoms with Gasteiger partial charge in [-0.15, -0.1) is 0 Å². The molecular weight excluding hydrogens is 567 g/mol. The summed E-state index contributed by atoms with van der Waals surface area (Å²) in [7, 11) is 0. The molecule has 4 nitrogen and oxygen atoms in total. The van der Waals surface area contributed by atoms with Gasteiger partial charge in [-0.1, -0.05) is 13.8 Å². The van der Waals surface area contributed by atoms with Crippen LogP contribution in [0.1, 0.15) is 43.7 Å². The summed E-state index contributed by atoms with van der Waals surface area (Å²) in [4.78, 5) is 11.2. The van der Waals surface area contributed by atoms with Gasteiger partial charge >= 0.3 is 5.97 Å². The lowest BCUT2D eigenvalue weighted by Crippen LogP contribution is -2.07. The molecule has 0 aliphatic carbocycles. The minimum Gasteiger partial charge on any atom is -0.507 e. The second-order valence-corrected chi connectivity index (χ2v) is 8.84. The van der Waals surface area contributed by atoms with Crippen molar-refractivity contribution in [1.29, 1.82) is 0 Å². The maximum absolute atomic E-state index is 11.2. The van der Waals surface area contributed by atoms with E-state index in [9.17, 15) is 15.0 Å². The van der Waals surface area contributed by atoms with Crippen LogP contribution in [-0.2, 0) is 4.79 Å². The fourth-order valence-electron chi connectivity index (χ4n) is 2.28. The second kappa shape index (κ2) is 8.26. The van der Waals surface area contributed by atoms with Crippen LogP contribution in [0.5, 0.6) is 17.2 Å². The summed E-state index contributed by atoms with van der Waals surface area (Å²) in [6.45, 7) is 5.64. The molecular formula is C18H17Br2IO4. The summed E-state index contributed by atoms with van der Waals surface area (Å²) >= 11 is 8.98. The SMILES string of the molecule is CC(C)c1cc(Oc2c(Br)cc(C(C)C(=O)O)cc2Br)cc(I)c1O. The number of hydrogen-bond acceptors (Lipinski definition) is 3. The summed E-state index contributed by atoms with van der Waals surface area (Å²) < 4.78 is 8.02. The Morgan fingerprint density at radius 1 is 1.12 bits per heavy atom. The summed E-state index contributed by atoms with van der Waals surface area (Å²) in [6, 6.07) is 7.06. The van der Waals surface area contributed by atoms with Gasteiger partial charge in [-0.3, -0.25) is 4.79 Å². The first-order valence-electron chi connectivity index (χ1n) is 7.53. The van der Waals surface area contributed by atoms with E-state index in [1.807, 2.05) is 19.9 Å². The zero-order valence-corrected chi connectivity index (χ0v) is 19.1. The van der Waals surface area contributed by atoms with Crippen LogP contribution >= 0.6 is 54.5 Å². The van der Waals surface area contributed by atoms with Crippen LogP contribution in [0.25, 0.3) is 0 Å². The highest BCUT2D eigenvalue weighted by molar-refractivity contribution is 14.1. The molecule has 1 atom stereocenters. The lowest BCUT2D eigenvalue weighted by Gasteiger charge is -2.16. The minimum atomic E-state index is -0.887. The molecule has 0 spiro atoms. The zero-order chi connectivity index (χ0) is 18.9. The third kappa shape index (κ3) is 4.68. The van der Waals surface area contributed by atoms with Crippen LogP contribution < -0.4 is 4.74 Å². The van der Waals surface area contributed by atoms with Crippen molar-refractivity contribution in [3.63, 3.8) is 0 Å². The van der Waals surface area contributed by atoms with E-state index in [1.54, 1.807) is 25.1 Å². The third-order valence-corrected chi connectivity index (χ3v) is 5.80. The van der Waals surface area contributed by atoms with Gasteiger partial charge in [0, 0.05) is 5.56 Å². The minimum absolute atomic E-state index is 0.155. The quantitative estimate of drug-likeness (QED) is 0.388. The predicted octanol–water partition coefficient (Wildman–Crippen LogP) is 6.63. The van der Waals surface area contributed by atoms with Crippen molar-refractivity contribution >= 4 is 60.4 Å². The van der Waals surface area contributed by atoms with Crippen LogP contribution in [0.2, 0.25) is 0 Å². The summed E-state index contributed by atoms with van der Waals surface area (Å²) in [5.74, 6) is 0.0734. The fourth-order valence-corrected chi connectivity index (χ4v) is 4.28. The number of hydrogen-bond donors (Lipinski definition) is 2. The lowest BCUT2D eigenvalue weighted by molar-refractivity contribution is -0.138. The number of phenols is 1. The topological polar surface area (TPSA) is 66.8 Å². The van der Waals surface area contributed by atoms with Gasteiger partial charge in [0.15, 0.2) is 5.75 Å². The average Bonchev–Trinajstić information content (AvgIpc) is 2.52. The van der Waals surface area contributed by atoms with Gasteiger partial charge in [-0.25, -0.2) is 0 Å². The largest absolute Gasteiger partial charge is 0.507 e. The van der Waals surface area contributed by atoms with E-state index in [2.05, 4.69) is 54.5 Å². The molecule has 0 fully saturated rings. The van der Waals surface area contributed by atoms with Gasteiger partial charge in [0.05, 0.1) is 18.4 Å². The molecule has 0 radical (unpaired) electrons. The van der Waals surface area contributed by atoms with E-state index >= 15 is 0 Å². The highest BCUT2D eigenvalue weighted by Crippen LogP contribution is 2.41. The molecule has 2 aromatic rings. The predicted molar refractivity (Wildman–Crippen MR) is 113 cm³/mol. The Morgan fingerprint density at radius 2 is 1.68 bits per heavy atom. The first-order valence-corrected chi connectivity index (χ1v) is 10.2. The number of carbonyl (C=O) groups is 1. The molecule has 0 amide bonds. The van der Waals surface area contributed by atoms with Crippen molar-refractivity contribution in [3.05, 3.63) is 47.9 Å². The number of benzene rings is 2. The Kier molecular flexibility index (Phi) is 6.78. The van der Waals surface area contributed by atoms with E-state index < -0.39 is 11.9 Å². The molecule has 0 aliphatic rings. The van der Waals surface area contributed by atoms with Gasteiger partial charge in [0.25, 0.3) is 0 Å². The Labute approximate surface area is 177 Å². The van der Waals surface area contributed by atoms with Crippen LogP contribution in [-0.4, -0.2) is 16.2 Å². The zero-order valence-electron chi connectivity index (χ0n) is 13.8.